The van der Waals surface area contributed by atoms with Crippen LogP contribution in [0.5, 0.6) is 5.75 Å². The number of benzene rings is 1. The summed E-state index contributed by atoms with van der Waals surface area (Å²) in [6.07, 6.45) is 0. The zero-order valence-corrected chi connectivity index (χ0v) is 6.76. The molecule has 0 saturated heterocycles. The van der Waals surface area contributed by atoms with E-state index < -0.39 is 0 Å². The molecule has 62 valence electrons. The average molecular weight is 163 g/mol. The maximum atomic E-state index is 11.2. The predicted molar refractivity (Wildman–Crippen MR) is 44.1 cm³/mol. The molecule has 0 bridgehead atoms. The first-order chi connectivity index (χ1) is 5.79. The molecule has 0 radical (unpaired) electrons. The molecule has 1 N–H and O–H groups in total. The Balaban J connectivity index is 2.59. The second kappa shape index (κ2) is 2.52. The standard InChI is InChI=1S/C9H9NO2/c1-6-3-2-4-7-8(6)12-5-10-9(7)11/h2-4H,5H2,1H3,(H,10,11). The molecule has 3 heteroatoms. The number of nitrogens with one attached hydrogen (secondary N) is 1. The number of hydrogen-bond donors (Lipinski definition) is 1. The Hall–Kier alpha value is -1.51. The van der Waals surface area contributed by atoms with Gasteiger partial charge in [-0.2, -0.15) is 0 Å². The average Bonchev–Trinajstić information content (AvgIpc) is 2.07. The number of carbonyl (C=O) groups excluding carboxylic acids is 1. The molecule has 0 atom stereocenters. The van der Waals surface area contributed by atoms with Crippen LogP contribution in [0.15, 0.2) is 18.2 Å². The summed E-state index contributed by atoms with van der Waals surface area (Å²) in [7, 11) is 0. The van der Waals surface area contributed by atoms with E-state index in [2.05, 4.69) is 5.32 Å². The number of rotatable bonds is 0. The smallest absolute Gasteiger partial charge is 0.257 e. The summed E-state index contributed by atoms with van der Waals surface area (Å²) in [5.41, 5.74) is 1.63. The highest BCUT2D eigenvalue weighted by Crippen LogP contribution is 2.24. The molecule has 0 spiro atoms. The molecule has 0 fully saturated rings. The van der Waals surface area contributed by atoms with E-state index in [0.29, 0.717) is 11.3 Å². The number of amides is 1. The summed E-state index contributed by atoms with van der Waals surface area (Å²) in [5.74, 6) is 0.654. The lowest BCUT2D eigenvalue weighted by molar-refractivity contribution is 0.0882. The van der Waals surface area contributed by atoms with Crippen LogP contribution < -0.4 is 10.1 Å². The highest BCUT2D eigenvalue weighted by molar-refractivity contribution is 5.98. The molecular weight excluding hydrogens is 154 g/mol. The maximum Gasteiger partial charge on any atom is 0.257 e. The summed E-state index contributed by atoms with van der Waals surface area (Å²) < 4.78 is 5.29. The van der Waals surface area contributed by atoms with Crippen molar-refractivity contribution in [3.05, 3.63) is 29.3 Å². The van der Waals surface area contributed by atoms with Crippen LogP contribution in [0.25, 0.3) is 0 Å². The van der Waals surface area contributed by atoms with E-state index in [9.17, 15) is 4.79 Å². The van der Waals surface area contributed by atoms with Gasteiger partial charge in [0.2, 0.25) is 0 Å². The fraction of sp³-hybridized carbons (Fsp3) is 0.222. The normalized spacial score (nSPS) is 14.6. The molecule has 1 aliphatic rings. The lowest BCUT2D eigenvalue weighted by Crippen LogP contribution is -2.33. The van der Waals surface area contributed by atoms with E-state index in [4.69, 9.17) is 4.74 Å². The quantitative estimate of drug-likeness (QED) is 0.621. The topological polar surface area (TPSA) is 38.3 Å². The third-order valence-electron chi connectivity index (χ3n) is 1.91. The lowest BCUT2D eigenvalue weighted by Gasteiger charge is -2.18. The molecule has 1 aromatic rings. The van der Waals surface area contributed by atoms with Crippen molar-refractivity contribution in [2.75, 3.05) is 6.73 Å². The van der Waals surface area contributed by atoms with Crippen LogP contribution >= 0.6 is 0 Å². The zero-order valence-electron chi connectivity index (χ0n) is 6.76. The number of hydrogen-bond acceptors (Lipinski definition) is 2. The van der Waals surface area contributed by atoms with Gasteiger partial charge in [-0.3, -0.25) is 4.79 Å². The minimum absolute atomic E-state index is 0.0556. The van der Waals surface area contributed by atoms with Crippen molar-refractivity contribution in [2.24, 2.45) is 0 Å². The van der Waals surface area contributed by atoms with Crippen LogP contribution in [0.1, 0.15) is 15.9 Å². The molecule has 1 heterocycles. The zero-order chi connectivity index (χ0) is 8.55. The first kappa shape index (κ1) is 7.16. The number of fused-ring (bicyclic) bond motifs is 1. The van der Waals surface area contributed by atoms with E-state index in [0.717, 1.165) is 5.56 Å². The number of ether oxygens (including phenoxy) is 1. The molecule has 0 unspecified atom stereocenters. The highest BCUT2D eigenvalue weighted by Gasteiger charge is 2.18. The van der Waals surface area contributed by atoms with Gasteiger partial charge in [-0.15, -0.1) is 0 Å². The minimum Gasteiger partial charge on any atom is -0.472 e. The van der Waals surface area contributed by atoms with Gasteiger partial charge in [0.1, 0.15) is 5.75 Å². The number of carbonyl (C=O) groups is 1. The maximum absolute atomic E-state index is 11.2. The van der Waals surface area contributed by atoms with Gasteiger partial charge in [0.05, 0.1) is 5.56 Å². The van der Waals surface area contributed by atoms with Crippen LogP contribution in [0.2, 0.25) is 0 Å². The summed E-state index contributed by atoms with van der Waals surface area (Å²) in [4.78, 5) is 11.2. The molecule has 1 amide bonds. The Morgan fingerprint density at radius 2 is 2.33 bits per heavy atom. The molecule has 12 heavy (non-hydrogen) atoms. The molecule has 0 aliphatic carbocycles. The predicted octanol–water partition coefficient (Wildman–Crippen LogP) is 1.07. The summed E-state index contributed by atoms with van der Waals surface area (Å²) in [6, 6.07) is 5.54. The van der Waals surface area contributed by atoms with Crippen molar-refractivity contribution in [3.63, 3.8) is 0 Å². The third kappa shape index (κ3) is 0.942. The summed E-state index contributed by atoms with van der Waals surface area (Å²) in [5, 5.41) is 2.60. The van der Waals surface area contributed by atoms with E-state index >= 15 is 0 Å². The van der Waals surface area contributed by atoms with Gasteiger partial charge in [-0.1, -0.05) is 12.1 Å². The molecule has 3 nitrogen and oxygen atoms in total. The first-order valence-electron chi connectivity index (χ1n) is 3.79. The first-order valence-corrected chi connectivity index (χ1v) is 3.79. The van der Waals surface area contributed by atoms with Crippen molar-refractivity contribution in [2.45, 2.75) is 6.92 Å². The molecule has 0 aromatic heterocycles. The van der Waals surface area contributed by atoms with Gasteiger partial charge in [0.15, 0.2) is 6.73 Å². The van der Waals surface area contributed by atoms with Crippen molar-refractivity contribution in [3.8, 4) is 5.75 Å². The summed E-state index contributed by atoms with van der Waals surface area (Å²) >= 11 is 0. The molecule has 0 saturated carbocycles. The number of aryl methyl sites for hydroxylation is 1. The minimum atomic E-state index is -0.0556. The highest BCUT2D eigenvalue weighted by atomic mass is 16.5. The third-order valence-corrected chi connectivity index (χ3v) is 1.91. The molecular formula is C9H9NO2. The van der Waals surface area contributed by atoms with Crippen LogP contribution in [0.3, 0.4) is 0 Å². The largest absolute Gasteiger partial charge is 0.472 e. The van der Waals surface area contributed by atoms with Crippen LogP contribution in [-0.4, -0.2) is 12.6 Å². The fourth-order valence-corrected chi connectivity index (χ4v) is 1.29. The fourth-order valence-electron chi connectivity index (χ4n) is 1.29. The van der Waals surface area contributed by atoms with Crippen LogP contribution in [0.4, 0.5) is 0 Å². The van der Waals surface area contributed by atoms with E-state index in [1.165, 1.54) is 0 Å². The Morgan fingerprint density at radius 3 is 3.08 bits per heavy atom. The van der Waals surface area contributed by atoms with Crippen LogP contribution in [-0.2, 0) is 0 Å². The Kier molecular flexibility index (Phi) is 1.50. The molecule has 1 aliphatic heterocycles. The van der Waals surface area contributed by atoms with E-state index in [1.807, 2.05) is 19.1 Å². The molecule has 1 aromatic carbocycles. The SMILES string of the molecule is Cc1cccc2c1OCNC2=O. The Labute approximate surface area is 70.3 Å². The van der Waals surface area contributed by atoms with Crippen molar-refractivity contribution >= 4 is 5.91 Å². The lowest BCUT2D eigenvalue weighted by atomic mass is 10.1. The Morgan fingerprint density at radius 1 is 1.50 bits per heavy atom. The van der Waals surface area contributed by atoms with Gasteiger partial charge in [-0.05, 0) is 18.6 Å². The molecule has 2 rings (SSSR count). The van der Waals surface area contributed by atoms with Crippen molar-refractivity contribution in [1.29, 1.82) is 0 Å². The van der Waals surface area contributed by atoms with E-state index in [1.54, 1.807) is 6.07 Å². The van der Waals surface area contributed by atoms with Gasteiger partial charge < -0.3 is 10.1 Å². The Bertz CT molecular complexity index is 333. The van der Waals surface area contributed by atoms with Gasteiger partial charge in [0, 0.05) is 0 Å². The van der Waals surface area contributed by atoms with Crippen LogP contribution in [0, 0.1) is 6.92 Å². The monoisotopic (exact) mass is 163 g/mol. The van der Waals surface area contributed by atoms with Gasteiger partial charge in [-0.25, -0.2) is 0 Å². The van der Waals surface area contributed by atoms with Crippen molar-refractivity contribution in [1.82, 2.24) is 5.32 Å². The van der Waals surface area contributed by atoms with Crippen molar-refractivity contribution < 1.29 is 9.53 Å². The summed E-state index contributed by atoms with van der Waals surface area (Å²) in [6.45, 7) is 2.20. The second-order valence-corrected chi connectivity index (χ2v) is 2.75. The number of para-hydroxylation sites is 1. The van der Waals surface area contributed by atoms with Gasteiger partial charge >= 0.3 is 0 Å². The van der Waals surface area contributed by atoms with Gasteiger partial charge in [0.25, 0.3) is 5.91 Å². The second-order valence-electron chi connectivity index (χ2n) is 2.75. The van der Waals surface area contributed by atoms with E-state index in [-0.39, 0.29) is 12.6 Å².